The summed E-state index contributed by atoms with van der Waals surface area (Å²) < 4.78 is 42.5. The third-order valence-corrected chi connectivity index (χ3v) is 3.81. The fraction of sp³-hybridized carbons (Fsp3) is 0.538. The van der Waals surface area contributed by atoms with Gasteiger partial charge in [-0.3, -0.25) is 0 Å². The van der Waals surface area contributed by atoms with Crippen LogP contribution in [0.2, 0.25) is 0 Å². The van der Waals surface area contributed by atoms with Crippen LogP contribution in [-0.4, -0.2) is 27.7 Å². The van der Waals surface area contributed by atoms with E-state index in [0.717, 1.165) is 31.7 Å². The Bertz CT molecular complexity index is 526. The van der Waals surface area contributed by atoms with E-state index >= 15 is 0 Å². The van der Waals surface area contributed by atoms with E-state index in [2.05, 4.69) is 16.4 Å². The lowest BCUT2D eigenvalue weighted by Gasteiger charge is -2.29. The van der Waals surface area contributed by atoms with Gasteiger partial charge in [-0.2, -0.15) is 8.42 Å². The molecule has 0 radical (unpaired) electrons. The molecule has 0 aromatic heterocycles. The summed E-state index contributed by atoms with van der Waals surface area (Å²) in [6, 6.07) is 6.44. The van der Waals surface area contributed by atoms with Gasteiger partial charge in [-0.15, -0.1) is 0 Å². The molecule has 1 fully saturated rings. The van der Waals surface area contributed by atoms with Crippen molar-refractivity contribution >= 4 is 16.2 Å². The van der Waals surface area contributed by atoms with Crippen molar-refractivity contribution in [3.63, 3.8) is 0 Å². The molecule has 0 bridgehead atoms. The van der Waals surface area contributed by atoms with E-state index in [0.29, 0.717) is 5.92 Å². The standard InChI is InChI=1S/C13H18FNO4S/c1-10(11-6-8-18-9-7-11)15-12-2-4-13(5-3-12)19-20(14,16)17/h2-5,10-11,15H,6-9H2,1H3. The second-order valence-electron chi connectivity index (χ2n) is 4.88. The number of hydrogen-bond donors (Lipinski definition) is 1. The van der Waals surface area contributed by atoms with E-state index in [-0.39, 0.29) is 11.8 Å². The van der Waals surface area contributed by atoms with Crippen molar-refractivity contribution in [3.05, 3.63) is 24.3 Å². The van der Waals surface area contributed by atoms with Crippen molar-refractivity contribution in [3.8, 4) is 5.75 Å². The van der Waals surface area contributed by atoms with Crippen LogP contribution in [0.1, 0.15) is 19.8 Å². The van der Waals surface area contributed by atoms with Crippen LogP contribution in [0.3, 0.4) is 0 Å². The van der Waals surface area contributed by atoms with Gasteiger partial charge in [0.2, 0.25) is 0 Å². The molecule has 1 aliphatic heterocycles. The van der Waals surface area contributed by atoms with Crippen molar-refractivity contribution in [2.24, 2.45) is 5.92 Å². The Hall–Kier alpha value is -1.34. The predicted octanol–water partition coefficient (Wildman–Crippen LogP) is 2.51. The van der Waals surface area contributed by atoms with E-state index in [1.807, 2.05) is 0 Å². The third kappa shape index (κ3) is 4.64. The Kier molecular flexibility index (Phi) is 4.82. The lowest BCUT2D eigenvalue weighted by atomic mass is 9.93. The highest BCUT2D eigenvalue weighted by Gasteiger charge is 2.20. The van der Waals surface area contributed by atoms with E-state index in [4.69, 9.17) is 4.74 Å². The molecule has 2 rings (SSSR count). The Balaban J connectivity index is 1.92. The zero-order chi connectivity index (χ0) is 14.6. The molecule has 1 unspecified atom stereocenters. The first-order valence-corrected chi connectivity index (χ1v) is 7.83. The van der Waals surface area contributed by atoms with Crippen molar-refractivity contribution in [2.45, 2.75) is 25.8 Å². The maximum atomic E-state index is 12.4. The molecular formula is C13H18FNO4S. The van der Waals surface area contributed by atoms with Gasteiger partial charge in [0.05, 0.1) is 0 Å². The molecular weight excluding hydrogens is 285 g/mol. The van der Waals surface area contributed by atoms with E-state index in [1.165, 1.54) is 12.1 Å². The fourth-order valence-electron chi connectivity index (χ4n) is 2.32. The van der Waals surface area contributed by atoms with Crippen LogP contribution in [0.15, 0.2) is 24.3 Å². The topological polar surface area (TPSA) is 64.6 Å². The molecule has 0 aliphatic carbocycles. The molecule has 20 heavy (non-hydrogen) atoms. The SMILES string of the molecule is CC(Nc1ccc(OS(=O)(=O)F)cc1)C1CCOCC1. The van der Waals surface area contributed by atoms with Crippen molar-refractivity contribution in [2.75, 3.05) is 18.5 Å². The van der Waals surface area contributed by atoms with Gasteiger partial charge in [-0.25, -0.2) is 0 Å². The first-order chi connectivity index (χ1) is 9.44. The highest BCUT2D eigenvalue weighted by atomic mass is 32.3. The van der Waals surface area contributed by atoms with Gasteiger partial charge in [0.1, 0.15) is 5.75 Å². The molecule has 0 amide bonds. The number of halogens is 1. The predicted molar refractivity (Wildman–Crippen MR) is 73.7 cm³/mol. The number of nitrogens with one attached hydrogen (secondary N) is 1. The molecule has 1 heterocycles. The first-order valence-electron chi connectivity index (χ1n) is 6.52. The van der Waals surface area contributed by atoms with Gasteiger partial charge in [0, 0.05) is 24.9 Å². The summed E-state index contributed by atoms with van der Waals surface area (Å²) >= 11 is 0. The minimum Gasteiger partial charge on any atom is -0.382 e. The van der Waals surface area contributed by atoms with Gasteiger partial charge in [-0.1, -0.05) is 3.89 Å². The van der Waals surface area contributed by atoms with Gasteiger partial charge in [-0.05, 0) is 49.9 Å². The molecule has 1 saturated heterocycles. The Labute approximate surface area is 118 Å². The van der Waals surface area contributed by atoms with Gasteiger partial charge < -0.3 is 14.2 Å². The molecule has 1 N–H and O–H groups in total. The summed E-state index contributed by atoms with van der Waals surface area (Å²) in [6.45, 7) is 3.68. The monoisotopic (exact) mass is 303 g/mol. The quantitative estimate of drug-likeness (QED) is 0.847. The summed E-state index contributed by atoms with van der Waals surface area (Å²) in [6.07, 6.45) is 2.05. The highest BCUT2D eigenvalue weighted by Crippen LogP contribution is 2.23. The lowest BCUT2D eigenvalue weighted by molar-refractivity contribution is 0.0622. The maximum absolute atomic E-state index is 12.4. The average molecular weight is 303 g/mol. The number of anilines is 1. The Morgan fingerprint density at radius 3 is 2.45 bits per heavy atom. The van der Waals surface area contributed by atoms with E-state index < -0.39 is 10.5 Å². The average Bonchev–Trinajstić information content (AvgIpc) is 2.40. The van der Waals surface area contributed by atoms with Crippen LogP contribution in [-0.2, 0) is 15.2 Å². The molecule has 1 aliphatic rings. The molecule has 0 saturated carbocycles. The smallest absolute Gasteiger partial charge is 0.382 e. The van der Waals surface area contributed by atoms with Gasteiger partial charge >= 0.3 is 10.5 Å². The van der Waals surface area contributed by atoms with Crippen LogP contribution in [0.25, 0.3) is 0 Å². The minimum atomic E-state index is -4.96. The molecule has 1 atom stereocenters. The maximum Gasteiger partial charge on any atom is 0.488 e. The highest BCUT2D eigenvalue weighted by molar-refractivity contribution is 7.81. The summed E-state index contributed by atoms with van der Waals surface area (Å²) in [5, 5.41) is 3.35. The Morgan fingerprint density at radius 2 is 1.90 bits per heavy atom. The third-order valence-electron chi connectivity index (χ3n) is 3.42. The molecule has 112 valence electrons. The summed E-state index contributed by atoms with van der Waals surface area (Å²) in [7, 11) is -4.96. The summed E-state index contributed by atoms with van der Waals surface area (Å²) in [4.78, 5) is 0. The second-order valence-corrected chi connectivity index (χ2v) is 5.84. The molecule has 1 aromatic carbocycles. The van der Waals surface area contributed by atoms with Crippen molar-refractivity contribution < 1.29 is 21.2 Å². The summed E-state index contributed by atoms with van der Waals surface area (Å²) in [5.74, 6) is 0.502. The number of ether oxygens (including phenoxy) is 1. The van der Waals surface area contributed by atoms with Crippen molar-refractivity contribution in [1.82, 2.24) is 0 Å². The second kappa shape index (κ2) is 6.41. The normalized spacial score (nSPS) is 18.5. The van der Waals surface area contributed by atoms with Gasteiger partial charge in [0.15, 0.2) is 0 Å². The zero-order valence-corrected chi connectivity index (χ0v) is 12.0. The number of hydrogen-bond acceptors (Lipinski definition) is 5. The molecule has 7 heteroatoms. The van der Waals surface area contributed by atoms with E-state index in [1.54, 1.807) is 12.1 Å². The van der Waals surface area contributed by atoms with Crippen LogP contribution in [0.4, 0.5) is 9.57 Å². The number of benzene rings is 1. The summed E-state index contributed by atoms with van der Waals surface area (Å²) in [5.41, 5.74) is 0.840. The molecule has 0 spiro atoms. The van der Waals surface area contributed by atoms with Gasteiger partial charge in [0.25, 0.3) is 0 Å². The molecule has 5 nitrogen and oxygen atoms in total. The largest absolute Gasteiger partial charge is 0.488 e. The minimum absolute atomic E-state index is 0.0447. The van der Waals surface area contributed by atoms with Crippen LogP contribution in [0.5, 0.6) is 5.75 Å². The number of rotatable bonds is 5. The zero-order valence-electron chi connectivity index (χ0n) is 11.2. The van der Waals surface area contributed by atoms with Crippen LogP contribution < -0.4 is 9.50 Å². The molecule has 1 aromatic rings. The van der Waals surface area contributed by atoms with Crippen LogP contribution in [0, 0.1) is 5.92 Å². The van der Waals surface area contributed by atoms with E-state index in [9.17, 15) is 12.3 Å². The first kappa shape index (κ1) is 15.1. The van der Waals surface area contributed by atoms with Crippen molar-refractivity contribution in [1.29, 1.82) is 0 Å². The van der Waals surface area contributed by atoms with Crippen LogP contribution >= 0.6 is 0 Å². The fourth-order valence-corrected chi connectivity index (χ4v) is 2.66. The Morgan fingerprint density at radius 1 is 1.30 bits per heavy atom. The lowest BCUT2D eigenvalue weighted by Crippen LogP contribution is -2.30.